The Kier molecular flexibility index (Phi) is 6.85. The molecule has 0 aromatic carbocycles. The molecule has 4 rings (SSSR count). The number of halogens is 1. The summed E-state index contributed by atoms with van der Waals surface area (Å²) in [5.74, 6) is 2.24. The van der Waals surface area contributed by atoms with Crippen molar-refractivity contribution in [1.29, 1.82) is 0 Å². The molecule has 1 saturated heterocycles. The monoisotopic (exact) mass is 415 g/mol. The molecule has 29 heavy (non-hydrogen) atoms. The van der Waals surface area contributed by atoms with Gasteiger partial charge in [0.05, 0.1) is 17.3 Å². The van der Waals surface area contributed by atoms with Crippen LogP contribution in [0.25, 0.3) is 11.3 Å². The van der Waals surface area contributed by atoms with E-state index in [2.05, 4.69) is 15.6 Å². The fourth-order valence-electron chi connectivity index (χ4n) is 4.09. The first kappa shape index (κ1) is 20.4. The van der Waals surface area contributed by atoms with Crippen LogP contribution in [0, 0.1) is 5.92 Å². The predicted molar refractivity (Wildman–Crippen MR) is 118 cm³/mol. The molecule has 1 aliphatic carbocycles. The number of aromatic nitrogens is 2. The van der Waals surface area contributed by atoms with Crippen LogP contribution in [0.2, 0.25) is 5.02 Å². The van der Waals surface area contributed by atoms with E-state index in [4.69, 9.17) is 27.1 Å². The molecule has 7 heteroatoms. The third kappa shape index (κ3) is 5.59. The number of ether oxygens (including phenoxy) is 1. The molecule has 3 heterocycles. The molecular formula is C22H30ClN5O. The SMILES string of the molecule is N[C@H]1CC[C@H](Nc2cc(-c3cccc(NCC4CCCOC4)n3)c(Cl)cn2)CC1. The minimum Gasteiger partial charge on any atom is -0.381 e. The number of rotatable bonds is 6. The van der Waals surface area contributed by atoms with Gasteiger partial charge in [-0.1, -0.05) is 17.7 Å². The smallest absolute Gasteiger partial charge is 0.126 e. The summed E-state index contributed by atoms with van der Waals surface area (Å²) in [6.45, 7) is 2.58. The van der Waals surface area contributed by atoms with E-state index in [-0.39, 0.29) is 0 Å². The van der Waals surface area contributed by atoms with Crippen LogP contribution < -0.4 is 16.4 Å². The summed E-state index contributed by atoms with van der Waals surface area (Å²) in [5.41, 5.74) is 7.75. The normalized spacial score (nSPS) is 24.8. The molecule has 0 amide bonds. The highest BCUT2D eigenvalue weighted by molar-refractivity contribution is 6.33. The van der Waals surface area contributed by atoms with Crippen LogP contribution in [-0.4, -0.2) is 41.8 Å². The first-order valence-electron chi connectivity index (χ1n) is 10.6. The highest BCUT2D eigenvalue weighted by atomic mass is 35.5. The van der Waals surface area contributed by atoms with Gasteiger partial charge >= 0.3 is 0 Å². The Balaban J connectivity index is 1.44. The first-order chi connectivity index (χ1) is 14.2. The fraction of sp³-hybridized carbons (Fsp3) is 0.545. The lowest BCUT2D eigenvalue weighted by atomic mass is 9.92. The van der Waals surface area contributed by atoms with Crippen LogP contribution >= 0.6 is 11.6 Å². The van der Waals surface area contributed by atoms with Crippen molar-refractivity contribution in [3.63, 3.8) is 0 Å². The van der Waals surface area contributed by atoms with E-state index >= 15 is 0 Å². The molecule has 1 aliphatic heterocycles. The molecule has 2 aromatic heterocycles. The maximum absolute atomic E-state index is 6.46. The molecule has 2 fully saturated rings. The molecule has 2 aliphatic rings. The second-order valence-corrected chi connectivity index (χ2v) is 8.58. The summed E-state index contributed by atoms with van der Waals surface area (Å²) in [6, 6.07) is 8.73. The van der Waals surface area contributed by atoms with Gasteiger partial charge in [-0.25, -0.2) is 9.97 Å². The van der Waals surface area contributed by atoms with Gasteiger partial charge in [-0.15, -0.1) is 0 Å². The molecule has 0 bridgehead atoms. The first-order valence-corrected chi connectivity index (χ1v) is 11.0. The Morgan fingerprint density at radius 3 is 2.79 bits per heavy atom. The zero-order valence-corrected chi connectivity index (χ0v) is 17.5. The van der Waals surface area contributed by atoms with Gasteiger partial charge in [-0.2, -0.15) is 0 Å². The molecule has 6 nitrogen and oxygen atoms in total. The summed E-state index contributed by atoms with van der Waals surface area (Å²) >= 11 is 6.46. The van der Waals surface area contributed by atoms with Crippen LogP contribution in [0.3, 0.4) is 0 Å². The molecule has 4 N–H and O–H groups in total. The van der Waals surface area contributed by atoms with Crippen molar-refractivity contribution in [2.24, 2.45) is 11.7 Å². The highest BCUT2D eigenvalue weighted by Gasteiger charge is 2.19. The van der Waals surface area contributed by atoms with Crippen molar-refractivity contribution >= 4 is 23.2 Å². The lowest BCUT2D eigenvalue weighted by Gasteiger charge is -2.27. The summed E-state index contributed by atoms with van der Waals surface area (Å²) in [6.07, 6.45) is 8.29. The van der Waals surface area contributed by atoms with E-state index in [9.17, 15) is 0 Å². The van der Waals surface area contributed by atoms with Crippen LogP contribution in [0.5, 0.6) is 0 Å². The maximum Gasteiger partial charge on any atom is 0.126 e. The Bertz CT molecular complexity index is 804. The number of nitrogens with zero attached hydrogens (tertiary/aromatic N) is 2. The molecular weight excluding hydrogens is 386 g/mol. The molecule has 156 valence electrons. The Hall–Kier alpha value is -1.89. The van der Waals surface area contributed by atoms with Crippen molar-refractivity contribution in [2.45, 2.75) is 50.6 Å². The Labute approximate surface area is 177 Å². The van der Waals surface area contributed by atoms with Crippen molar-refractivity contribution in [1.82, 2.24) is 9.97 Å². The van der Waals surface area contributed by atoms with Gasteiger partial charge in [0.1, 0.15) is 11.6 Å². The quantitative estimate of drug-likeness (QED) is 0.651. The average Bonchev–Trinajstić information content (AvgIpc) is 2.76. The Morgan fingerprint density at radius 1 is 1.14 bits per heavy atom. The van der Waals surface area contributed by atoms with Crippen LogP contribution in [-0.2, 0) is 4.74 Å². The van der Waals surface area contributed by atoms with E-state index in [0.29, 0.717) is 23.0 Å². The third-order valence-electron chi connectivity index (χ3n) is 5.83. The summed E-state index contributed by atoms with van der Waals surface area (Å²) in [5, 5.41) is 7.59. The van der Waals surface area contributed by atoms with E-state index in [1.54, 1.807) is 6.20 Å². The van der Waals surface area contributed by atoms with E-state index < -0.39 is 0 Å². The lowest BCUT2D eigenvalue weighted by molar-refractivity contribution is 0.0595. The predicted octanol–water partition coefficient (Wildman–Crippen LogP) is 4.32. The van der Waals surface area contributed by atoms with Gasteiger partial charge in [0.25, 0.3) is 0 Å². The summed E-state index contributed by atoms with van der Waals surface area (Å²) in [7, 11) is 0. The van der Waals surface area contributed by atoms with E-state index in [1.165, 1.54) is 6.42 Å². The van der Waals surface area contributed by atoms with Gasteiger partial charge in [0, 0.05) is 37.0 Å². The van der Waals surface area contributed by atoms with Gasteiger partial charge in [-0.3, -0.25) is 0 Å². The average molecular weight is 416 g/mol. The largest absolute Gasteiger partial charge is 0.381 e. The van der Waals surface area contributed by atoms with Crippen molar-refractivity contribution < 1.29 is 4.74 Å². The number of nitrogens with one attached hydrogen (secondary N) is 2. The molecule has 1 unspecified atom stereocenters. The zero-order valence-electron chi connectivity index (χ0n) is 16.7. The summed E-state index contributed by atoms with van der Waals surface area (Å²) in [4.78, 5) is 9.24. The van der Waals surface area contributed by atoms with Gasteiger partial charge in [0.15, 0.2) is 0 Å². The molecule has 2 aromatic rings. The molecule has 1 atom stereocenters. The topological polar surface area (TPSA) is 85.1 Å². The second kappa shape index (κ2) is 9.74. The molecule has 1 saturated carbocycles. The summed E-state index contributed by atoms with van der Waals surface area (Å²) < 4.78 is 5.56. The van der Waals surface area contributed by atoms with Gasteiger partial charge in [0.2, 0.25) is 0 Å². The number of hydrogen-bond acceptors (Lipinski definition) is 6. The van der Waals surface area contributed by atoms with E-state index in [1.807, 2.05) is 24.3 Å². The molecule has 0 radical (unpaired) electrons. The molecule has 0 spiro atoms. The second-order valence-electron chi connectivity index (χ2n) is 8.18. The minimum absolute atomic E-state index is 0.335. The van der Waals surface area contributed by atoms with Gasteiger partial charge in [-0.05, 0) is 62.6 Å². The minimum atomic E-state index is 0.335. The third-order valence-corrected chi connectivity index (χ3v) is 6.13. The highest BCUT2D eigenvalue weighted by Crippen LogP contribution is 2.30. The lowest BCUT2D eigenvalue weighted by Crippen LogP contribution is -2.33. The number of pyridine rings is 2. The van der Waals surface area contributed by atoms with Crippen LogP contribution in [0.1, 0.15) is 38.5 Å². The maximum atomic E-state index is 6.46. The number of nitrogens with two attached hydrogens (primary N) is 1. The number of anilines is 2. The van der Waals surface area contributed by atoms with Crippen molar-refractivity contribution in [3.05, 3.63) is 35.5 Å². The Morgan fingerprint density at radius 2 is 2.00 bits per heavy atom. The standard InChI is InChI=1S/C22H30ClN5O/c23-19-13-26-22(27-17-8-6-16(24)7-9-17)11-18(19)20-4-1-5-21(28-20)25-12-15-3-2-10-29-14-15/h1,4-5,11,13,15-17H,2-3,6-10,12,14,24H2,(H,25,28)(H,26,27)/t15?,16-,17-. The fourth-order valence-corrected chi connectivity index (χ4v) is 4.29. The zero-order chi connectivity index (χ0) is 20.1. The van der Waals surface area contributed by atoms with E-state index in [0.717, 1.165) is 74.8 Å². The number of hydrogen-bond donors (Lipinski definition) is 3. The van der Waals surface area contributed by atoms with Crippen molar-refractivity contribution in [2.75, 3.05) is 30.4 Å². The van der Waals surface area contributed by atoms with Crippen LogP contribution in [0.15, 0.2) is 30.5 Å². The van der Waals surface area contributed by atoms with Gasteiger partial charge < -0.3 is 21.1 Å². The van der Waals surface area contributed by atoms with Crippen molar-refractivity contribution in [3.8, 4) is 11.3 Å². The van der Waals surface area contributed by atoms with Crippen LogP contribution in [0.4, 0.5) is 11.6 Å².